The van der Waals surface area contributed by atoms with Crippen LogP contribution in [0, 0.1) is 17.2 Å². The summed E-state index contributed by atoms with van der Waals surface area (Å²) < 4.78 is 0. The minimum atomic E-state index is -0.848. The zero-order valence-electron chi connectivity index (χ0n) is 10.9. The number of rotatable bonds is 8. The van der Waals surface area contributed by atoms with E-state index < -0.39 is 17.9 Å². The zero-order valence-corrected chi connectivity index (χ0v) is 10.9. The molecule has 0 aromatic rings. The van der Waals surface area contributed by atoms with E-state index in [0.29, 0.717) is 6.42 Å². The number of nitrogens with two attached hydrogens (primary N) is 1. The van der Waals surface area contributed by atoms with E-state index in [1.54, 1.807) is 0 Å². The lowest BCUT2D eigenvalue weighted by Crippen LogP contribution is -2.46. The number of amides is 3. The maximum absolute atomic E-state index is 11.4. The van der Waals surface area contributed by atoms with E-state index >= 15 is 0 Å². The van der Waals surface area contributed by atoms with Crippen molar-refractivity contribution in [2.24, 2.45) is 11.7 Å². The molecule has 0 radical (unpaired) electrons. The molecule has 0 rings (SSSR count). The van der Waals surface area contributed by atoms with Crippen LogP contribution >= 0.6 is 0 Å². The van der Waals surface area contributed by atoms with Gasteiger partial charge in [-0.3, -0.25) is 10.2 Å². The van der Waals surface area contributed by atoms with Crippen molar-refractivity contribution in [1.82, 2.24) is 10.9 Å². The zero-order chi connectivity index (χ0) is 13.8. The average Bonchev–Trinajstić information content (AvgIpc) is 2.35. The van der Waals surface area contributed by atoms with Crippen molar-refractivity contribution < 1.29 is 9.59 Å². The molecule has 0 aliphatic heterocycles. The molecule has 0 fully saturated rings. The Morgan fingerprint density at radius 3 is 2.33 bits per heavy atom. The molecule has 18 heavy (non-hydrogen) atoms. The number of hydrogen-bond donors (Lipinski definition) is 3. The summed E-state index contributed by atoms with van der Waals surface area (Å²) >= 11 is 0. The first-order valence-corrected chi connectivity index (χ1v) is 6.36. The van der Waals surface area contributed by atoms with Gasteiger partial charge in [0.1, 0.15) is 5.92 Å². The number of urea groups is 1. The van der Waals surface area contributed by atoms with Crippen LogP contribution in [0.25, 0.3) is 0 Å². The Morgan fingerprint density at radius 1 is 1.17 bits per heavy atom. The molecule has 0 aliphatic rings. The van der Waals surface area contributed by atoms with Crippen LogP contribution in [0.2, 0.25) is 0 Å². The minimum Gasteiger partial charge on any atom is -0.350 e. The first-order valence-electron chi connectivity index (χ1n) is 6.36. The van der Waals surface area contributed by atoms with Crippen LogP contribution in [0.1, 0.15) is 51.9 Å². The molecule has 0 bridgehead atoms. The standard InChI is InChI=1S/C12H22N4O2/c1-2-3-4-5-6-7-8-10(9-13)11(17)15-16-12(14)18/h10H,2-8H2,1H3,(H,15,17)(H3,14,16,18). The van der Waals surface area contributed by atoms with E-state index in [1.807, 2.05) is 11.5 Å². The molecule has 1 unspecified atom stereocenters. The third-order valence-electron chi connectivity index (χ3n) is 2.63. The van der Waals surface area contributed by atoms with E-state index in [1.165, 1.54) is 19.3 Å². The molecule has 0 saturated heterocycles. The van der Waals surface area contributed by atoms with Gasteiger partial charge in [0, 0.05) is 0 Å². The van der Waals surface area contributed by atoms with Crippen molar-refractivity contribution in [2.75, 3.05) is 0 Å². The second-order valence-electron chi connectivity index (χ2n) is 4.22. The first kappa shape index (κ1) is 16.2. The maximum atomic E-state index is 11.4. The minimum absolute atomic E-state index is 0.509. The molecule has 0 spiro atoms. The molecule has 0 aliphatic carbocycles. The summed E-state index contributed by atoms with van der Waals surface area (Å²) in [6.07, 6.45) is 7.12. The lowest BCUT2D eigenvalue weighted by atomic mass is 10.0. The molecule has 6 nitrogen and oxygen atoms in total. The van der Waals surface area contributed by atoms with E-state index in [0.717, 1.165) is 19.3 Å². The van der Waals surface area contributed by atoms with Crippen LogP contribution in [0.3, 0.4) is 0 Å². The molecule has 0 aromatic heterocycles. The SMILES string of the molecule is CCCCCCCCC(C#N)C(=O)NNC(N)=O. The Bertz CT molecular complexity index is 299. The predicted molar refractivity (Wildman–Crippen MR) is 68.0 cm³/mol. The third kappa shape index (κ3) is 8.39. The van der Waals surface area contributed by atoms with Gasteiger partial charge in [-0.15, -0.1) is 0 Å². The number of hydrogen-bond acceptors (Lipinski definition) is 3. The normalized spacial score (nSPS) is 11.3. The Kier molecular flexibility index (Phi) is 9.37. The Hall–Kier alpha value is -1.77. The largest absolute Gasteiger partial charge is 0.350 e. The molecule has 3 amide bonds. The van der Waals surface area contributed by atoms with Crippen molar-refractivity contribution in [3.63, 3.8) is 0 Å². The smallest absolute Gasteiger partial charge is 0.330 e. The number of nitrogens with one attached hydrogen (secondary N) is 2. The molecule has 0 saturated carbocycles. The van der Waals surface area contributed by atoms with Gasteiger partial charge in [-0.2, -0.15) is 5.26 Å². The highest BCUT2D eigenvalue weighted by atomic mass is 16.2. The Balaban J connectivity index is 3.73. The van der Waals surface area contributed by atoms with Crippen LogP contribution in [-0.4, -0.2) is 11.9 Å². The molecule has 1 atom stereocenters. The second kappa shape index (κ2) is 10.4. The molecular formula is C12H22N4O2. The number of primary amides is 1. The lowest BCUT2D eigenvalue weighted by Gasteiger charge is -2.09. The summed E-state index contributed by atoms with van der Waals surface area (Å²) in [5, 5.41) is 8.85. The van der Waals surface area contributed by atoms with Crippen molar-refractivity contribution in [1.29, 1.82) is 5.26 Å². The van der Waals surface area contributed by atoms with Crippen LogP contribution in [-0.2, 0) is 4.79 Å². The summed E-state index contributed by atoms with van der Waals surface area (Å²) in [5.41, 5.74) is 8.88. The number of hydrazine groups is 1. The first-order chi connectivity index (χ1) is 8.61. The second-order valence-corrected chi connectivity index (χ2v) is 4.22. The van der Waals surface area contributed by atoms with Gasteiger partial charge in [-0.1, -0.05) is 45.4 Å². The fourth-order valence-corrected chi connectivity index (χ4v) is 1.59. The summed E-state index contributed by atoms with van der Waals surface area (Å²) in [6, 6.07) is 1.08. The summed E-state index contributed by atoms with van der Waals surface area (Å²) in [6.45, 7) is 2.15. The maximum Gasteiger partial charge on any atom is 0.330 e. The van der Waals surface area contributed by atoms with Crippen LogP contribution in [0.5, 0.6) is 0 Å². The van der Waals surface area contributed by atoms with Crippen LogP contribution in [0.15, 0.2) is 0 Å². The Morgan fingerprint density at radius 2 is 1.78 bits per heavy atom. The Labute approximate surface area is 108 Å². The third-order valence-corrected chi connectivity index (χ3v) is 2.63. The van der Waals surface area contributed by atoms with Gasteiger partial charge in [0.2, 0.25) is 0 Å². The van der Waals surface area contributed by atoms with Gasteiger partial charge in [-0.25, -0.2) is 10.2 Å². The van der Waals surface area contributed by atoms with Gasteiger partial charge in [-0.05, 0) is 6.42 Å². The number of unbranched alkanes of at least 4 members (excludes halogenated alkanes) is 5. The highest BCUT2D eigenvalue weighted by Gasteiger charge is 2.17. The van der Waals surface area contributed by atoms with Gasteiger partial charge in [0.05, 0.1) is 6.07 Å². The predicted octanol–water partition coefficient (Wildman–Crippen LogP) is 1.58. The van der Waals surface area contributed by atoms with E-state index in [9.17, 15) is 9.59 Å². The monoisotopic (exact) mass is 254 g/mol. The number of nitrogens with zero attached hydrogens (tertiary/aromatic N) is 1. The number of carbonyl (C=O) groups is 2. The molecule has 0 aromatic carbocycles. The summed E-state index contributed by atoms with van der Waals surface area (Å²) in [5.74, 6) is -1.24. The number of carbonyl (C=O) groups excluding carboxylic acids is 2. The quantitative estimate of drug-likeness (QED) is 0.452. The van der Waals surface area contributed by atoms with E-state index in [2.05, 4.69) is 12.3 Å². The lowest BCUT2D eigenvalue weighted by molar-refractivity contribution is -0.124. The van der Waals surface area contributed by atoms with Crippen molar-refractivity contribution in [3.8, 4) is 6.07 Å². The van der Waals surface area contributed by atoms with E-state index in [-0.39, 0.29) is 0 Å². The molecule has 102 valence electrons. The summed E-state index contributed by atoms with van der Waals surface area (Å²) in [7, 11) is 0. The fourth-order valence-electron chi connectivity index (χ4n) is 1.59. The van der Waals surface area contributed by atoms with Crippen molar-refractivity contribution in [3.05, 3.63) is 0 Å². The fraction of sp³-hybridized carbons (Fsp3) is 0.750. The van der Waals surface area contributed by atoms with Crippen molar-refractivity contribution >= 4 is 11.9 Å². The van der Waals surface area contributed by atoms with Crippen LogP contribution in [0.4, 0.5) is 4.79 Å². The van der Waals surface area contributed by atoms with Crippen LogP contribution < -0.4 is 16.6 Å². The van der Waals surface area contributed by atoms with Gasteiger partial charge >= 0.3 is 6.03 Å². The summed E-state index contributed by atoms with van der Waals surface area (Å²) in [4.78, 5) is 21.8. The van der Waals surface area contributed by atoms with Gasteiger partial charge in [0.25, 0.3) is 5.91 Å². The number of nitriles is 1. The molecule has 4 N–H and O–H groups in total. The van der Waals surface area contributed by atoms with Gasteiger partial charge < -0.3 is 5.73 Å². The topological polar surface area (TPSA) is 108 Å². The molecule has 0 heterocycles. The highest BCUT2D eigenvalue weighted by molar-refractivity contribution is 5.83. The molecular weight excluding hydrogens is 232 g/mol. The highest BCUT2D eigenvalue weighted by Crippen LogP contribution is 2.11. The average molecular weight is 254 g/mol. The molecule has 6 heteroatoms. The van der Waals surface area contributed by atoms with Crippen molar-refractivity contribution in [2.45, 2.75) is 51.9 Å². The van der Waals surface area contributed by atoms with Gasteiger partial charge in [0.15, 0.2) is 0 Å². The van der Waals surface area contributed by atoms with E-state index in [4.69, 9.17) is 11.0 Å².